The first-order valence-electron chi connectivity index (χ1n) is 7.50. The maximum atomic E-state index is 12.6. The maximum absolute atomic E-state index is 12.6. The monoisotopic (exact) mass is 320 g/mol. The number of esters is 1. The Kier molecular flexibility index (Phi) is 4.52. The molecule has 0 unspecified atom stereocenters. The maximum Gasteiger partial charge on any atom is 0.356 e. The lowest BCUT2D eigenvalue weighted by Gasteiger charge is -2.05. The molecular weight excluding hydrogens is 304 g/mol. The molecule has 3 rings (SSSR count). The second-order valence-corrected chi connectivity index (χ2v) is 5.25. The Morgan fingerprint density at radius 1 is 1.00 bits per heavy atom. The summed E-state index contributed by atoms with van der Waals surface area (Å²) < 4.78 is 4.79. The molecule has 0 aliphatic rings. The van der Waals surface area contributed by atoms with E-state index in [2.05, 4.69) is 10.2 Å². The lowest BCUT2D eigenvalue weighted by molar-refractivity contribution is 0.0593. The Hall–Kier alpha value is -3.21. The van der Waals surface area contributed by atoms with Crippen molar-refractivity contribution in [3.05, 3.63) is 77.5 Å². The van der Waals surface area contributed by atoms with Gasteiger partial charge in [-0.25, -0.2) is 4.79 Å². The van der Waals surface area contributed by atoms with E-state index in [0.29, 0.717) is 16.8 Å². The van der Waals surface area contributed by atoms with Crippen LogP contribution in [0.25, 0.3) is 11.3 Å². The molecule has 0 saturated heterocycles. The van der Waals surface area contributed by atoms with Crippen molar-refractivity contribution in [2.75, 3.05) is 7.11 Å². The molecule has 0 atom stereocenters. The van der Waals surface area contributed by atoms with Gasteiger partial charge in [0.2, 0.25) is 0 Å². The van der Waals surface area contributed by atoms with Crippen LogP contribution in [0.2, 0.25) is 0 Å². The Labute approximate surface area is 139 Å². The summed E-state index contributed by atoms with van der Waals surface area (Å²) in [7, 11) is 1.30. The average molecular weight is 320 g/mol. The molecule has 120 valence electrons. The summed E-state index contributed by atoms with van der Waals surface area (Å²) >= 11 is 0. The van der Waals surface area contributed by atoms with Crippen LogP contribution in [0.4, 0.5) is 0 Å². The van der Waals surface area contributed by atoms with Crippen molar-refractivity contribution in [3.8, 4) is 11.3 Å². The Balaban J connectivity index is 2.02. The number of rotatable bonds is 5. The number of ether oxygens (including phenoxy) is 1. The fourth-order valence-electron chi connectivity index (χ4n) is 2.53. The minimum atomic E-state index is -0.541. The molecule has 0 bridgehead atoms. The molecule has 0 aliphatic carbocycles. The number of aromatic nitrogens is 2. The normalized spacial score (nSPS) is 10.4. The van der Waals surface area contributed by atoms with Crippen molar-refractivity contribution in [3.63, 3.8) is 0 Å². The van der Waals surface area contributed by atoms with Crippen LogP contribution in [-0.4, -0.2) is 29.1 Å². The van der Waals surface area contributed by atoms with Crippen LogP contribution >= 0.6 is 0 Å². The van der Waals surface area contributed by atoms with Crippen LogP contribution < -0.4 is 0 Å². The van der Waals surface area contributed by atoms with E-state index in [0.717, 1.165) is 5.56 Å². The first-order valence-corrected chi connectivity index (χ1v) is 7.50. The number of ketones is 1. The van der Waals surface area contributed by atoms with E-state index in [4.69, 9.17) is 4.74 Å². The summed E-state index contributed by atoms with van der Waals surface area (Å²) in [6.45, 7) is 0. The summed E-state index contributed by atoms with van der Waals surface area (Å²) in [6.07, 6.45) is 0.0647. The van der Waals surface area contributed by atoms with Gasteiger partial charge in [0.05, 0.1) is 12.8 Å². The van der Waals surface area contributed by atoms with Gasteiger partial charge in [-0.2, -0.15) is 5.10 Å². The highest BCUT2D eigenvalue weighted by molar-refractivity contribution is 6.01. The molecule has 5 heteroatoms. The summed E-state index contributed by atoms with van der Waals surface area (Å²) in [5.41, 5.74) is 2.76. The Morgan fingerprint density at radius 2 is 1.62 bits per heavy atom. The molecule has 0 amide bonds. The third-order valence-electron chi connectivity index (χ3n) is 3.74. The first-order chi connectivity index (χ1) is 11.7. The van der Waals surface area contributed by atoms with Gasteiger partial charge in [-0.15, -0.1) is 0 Å². The topological polar surface area (TPSA) is 72.1 Å². The van der Waals surface area contributed by atoms with Gasteiger partial charge in [-0.05, 0) is 0 Å². The van der Waals surface area contributed by atoms with Crippen LogP contribution in [0.15, 0.2) is 60.7 Å². The fraction of sp³-hybridized carbons (Fsp3) is 0.105. The Bertz CT molecular complexity index is 855. The Morgan fingerprint density at radius 3 is 2.25 bits per heavy atom. The lowest BCUT2D eigenvalue weighted by Crippen LogP contribution is -2.10. The predicted molar refractivity (Wildman–Crippen MR) is 89.8 cm³/mol. The second-order valence-electron chi connectivity index (χ2n) is 5.25. The molecule has 24 heavy (non-hydrogen) atoms. The van der Waals surface area contributed by atoms with Gasteiger partial charge >= 0.3 is 5.97 Å². The molecule has 0 fully saturated rings. The number of nitrogens with one attached hydrogen (secondary N) is 1. The van der Waals surface area contributed by atoms with Gasteiger partial charge in [0, 0.05) is 23.1 Å². The molecular formula is C19H16N2O3. The summed E-state index contributed by atoms with van der Waals surface area (Å²) in [5.74, 6) is -0.625. The zero-order valence-electron chi connectivity index (χ0n) is 13.2. The number of H-pyrrole nitrogens is 1. The van der Waals surface area contributed by atoms with Gasteiger partial charge in [-0.1, -0.05) is 60.7 Å². The molecule has 5 nitrogen and oxygen atoms in total. The number of Topliss-reactive ketones (excluding diaryl/α,β-unsaturated/α-hetero) is 1. The zero-order valence-corrected chi connectivity index (χ0v) is 13.2. The summed E-state index contributed by atoms with van der Waals surface area (Å²) in [4.78, 5) is 24.6. The highest BCUT2D eigenvalue weighted by Gasteiger charge is 2.23. The van der Waals surface area contributed by atoms with E-state index in [1.165, 1.54) is 7.11 Å². The van der Waals surface area contributed by atoms with Crippen LogP contribution in [0.1, 0.15) is 26.4 Å². The average Bonchev–Trinajstić information content (AvgIpc) is 3.06. The zero-order chi connectivity index (χ0) is 16.9. The van der Waals surface area contributed by atoms with Gasteiger partial charge in [0.25, 0.3) is 0 Å². The molecule has 3 aromatic rings. The number of methoxy groups -OCH3 is 1. The van der Waals surface area contributed by atoms with Crippen molar-refractivity contribution in [2.24, 2.45) is 0 Å². The van der Waals surface area contributed by atoms with Gasteiger partial charge < -0.3 is 4.74 Å². The van der Waals surface area contributed by atoms with E-state index in [1.54, 1.807) is 12.1 Å². The van der Waals surface area contributed by atoms with Crippen molar-refractivity contribution in [1.29, 1.82) is 0 Å². The number of hydrogen-bond acceptors (Lipinski definition) is 4. The largest absolute Gasteiger partial charge is 0.464 e. The van der Waals surface area contributed by atoms with Crippen molar-refractivity contribution in [2.45, 2.75) is 6.42 Å². The first kappa shape index (κ1) is 15.7. The third-order valence-corrected chi connectivity index (χ3v) is 3.74. The standard InChI is InChI=1S/C19H16N2O3/c1-24-19(23)18-15(12-16(22)13-8-4-2-5-9-13)17(20-21-18)14-10-6-3-7-11-14/h2-11H,12H2,1H3,(H,20,21). The third kappa shape index (κ3) is 3.10. The molecule has 2 aromatic carbocycles. The number of aromatic amines is 1. The van der Waals surface area contributed by atoms with E-state index in [-0.39, 0.29) is 17.9 Å². The summed E-state index contributed by atoms with van der Waals surface area (Å²) in [5, 5.41) is 6.93. The summed E-state index contributed by atoms with van der Waals surface area (Å²) in [6, 6.07) is 18.4. The number of carbonyl (C=O) groups is 2. The molecule has 0 saturated carbocycles. The van der Waals surface area contributed by atoms with E-state index >= 15 is 0 Å². The van der Waals surface area contributed by atoms with Crippen LogP contribution in [0.3, 0.4) is 0 Å². The van der Waals surface area contributed by atoms with Crippen molar-refractivity contribution < 1.29 is 14.3 Å². The number of benzene rings is 2. The minimum Gasteiger partial charge on any atom is -0.464 e. The molecule has 0 radical (unpaired) electrons. The smallest absolute Gasteiger partial charge is 0.356 e. The van der Waals surface area contributed by atoms with Gasteiger partial charge in [0.1, 0.15) is 5.69 Å². The molecule has 1 heterocycles. The number of hydrogen-bond donors (Lipinski definition) is 1. The predicted octanol–water partition coefficient (Wildman–Crippen LogP) is 3.29. The van der Waals surface area contributed by atoms with Crippen LogP contribution in [-0.2, 0) is 11.2 Å². The second kappa shape index (κ2) is 6.91. The van der Waals surface area contributed by atoms with Crippen LogP contribution in [0.5, 0.6) is 0 Å². The molecule has 1 N–H and O–H groups in total. The quantitative estimate of drug-likeness (QED) is 0.578. The number of carbonyl (C=O) groups excluding carboxylic acids is 2. The SMILES string of the molecule is COC(=O)c1[nH]nc(-c2ccccc2)c1CC(=O)c1ccccc1. The van der Waals surface area contributed by atoms with Gasteiger partial charge in [0.15, 0.2) is 5.78 Å². The molecule has 0 spiro atoms. The fourth-order valence-corrected chi connectivity index (χ4v) is 2.53. The van der Waals surface area contributed by atoms with Crippen molar-refractivity contribution in [1.82, 2.24) is 10.2 Å². The molecule has 1 aromatic heterocycles. The lowest BCUT2D eigenvalue weighted by atomic mass is 9.98. The van der Waals surface area contributed by atoms with E-state index in [1.807, 2.05) is 48.5 Å². The highest BCUT2D eigenvalue weighted by Crippen LogP contribution is 2.25. The highest BCUT2D eigenvalue weighted by atomic mass is 16.5. The van der Waals surface area contributed by atoms with E-state index in [9.17, 15) is 9.59 Å². The van der Waals surface area contributed by atoms with Gasteiger partial charge in [-0.3, -0.25) is 9.89 Å². The van der Waals surface area contributed by atoms with Crippen molar-refractivity contribution >= 4 is 11.8 Å². The molecule has 0 aliphatic heterocycles. The minimum absolute atomic E-state index is 0.0647. The number of nitrogens with zero attached hydrogens (tertiary/aromatic N) is 1. The van der Waals surface area contributed by atoms with Crippen LogP contribution in [0, 0.1) is 0 Å². The van der Waals surface area contributed by atoms with E-state index < -0.39 is 5.97 Å².